The lowest BCUT2D eigenvalue weighted by atomic mass is 10.1. The van der Waals surface area contributed by atoms with Gasteiger partial charge in [0.1, 0.15) is 16.8 Å². The third-order valence-electron chi connectivity index (χ3n) is 3.59. The number of ether oxygens (including phenoxy) is 1. The van der Waals surface area contributed by atoms with Gasteiger partial charge in [0.15, 0.2) is 0 Å². The largest absolute Gasteiger partial charge is 0.494 e. The van der Waals surface area contributed by atoms with Crippen molar-refractivity contribution in [1.29, 1.82) is 5.26 Å². The molecule has 0 unspecified atom stereocenters. The van der Waals surface area contributed by atoms with E-state index in [-0.39, 0.29) is 0 Å². The molecule has 0 amide bonds. The molecule has 3 aromatic rings. The summed E-state index contributed by atoms with van der Waals surface area (Å²) in [5.41, 5.74) is 3.47. The van der Waals surface area contributed by atoms with Crippen molar-refractivity contribution >= 4 is 23.0 Å². The quantitative estimate of drug-likeness (QED) is 0.541. The molecule has 0 aliphatic rings. The van der Waals surface area contributed by atoms with Crippen LogP contribution in [0.4, 0.5) is 0 Å². The SMILES string of the molecule is CCCOc1ccc(/C=C(/C#N)c2nc(-c3ccccc3)cs2)cc1. The molecule has 0 fully saturated rings. The first kappa shape index (κ1) is 16.9. The smallest absolute Gasteiger partial charge is 0.134 e. The molecule has 0 bridgehead atoms. The predicted octanol–water partition coefficient (Wildman–Crippen LogP) is 5.66. The fraction of sp³-hybridized carbons (Fsp3) is 0.143. The molecule has 0 aliphatic heterocycles. The summed E-state index contributed by atoms with van der Waals surface area (Å²) in [5, 5.41) is 12.2. The van der Waals surface area contributed by atoms with Gasteiger partial charge in [-0.3, -0.25) is 0 Å². The Balaban J connectivity index is 1.82. The fourth-order valence-electron chi connectivity index (χ4n) is 2.33. The summed E-state index contributed by atoms with van der Waals surface area (Å²) < 4.78 is 5.58. The molecule has 0 saturated heterocycles. The van der Waals surface area contributed by atoms with Gasteiger partial charge in [-0.05, 0) is 30.2 Å². The molecule has 0 saturated carbocycles. The molecule has 1 aromatic heterocycles. The fourth-order valence-corrected chi connectivity index (χ4v) is 3.12. The van der Waals surface area contributed by atoms with Crippen LogP contribution in [0, 0.1) is 11.3 Å². The summed E-state index contributed by atoms with van der Waals surface area (Å²) in [6.45, 7) is 2.79. The Morgan fingerprint density at radius 1 is 1.16 bits per heavy atom. The van der Waals surface area contributed by atoms with E-state index < -0.39 is 0 Å². The van der Waals surface area contributed by atoms with Gasteiger partial charge >= 0.3 is 0 Å². The van der Waals surface area contributed by atoms with Crippen LogP contribution in [0.3, 0.4) is 0 Å². The molecule has 0 N–H and O–H groups in total. The van der Waals surface area contributed by atoms with Gasteiger partial charge < -0.3 is 4.74 Å². The Hall–Kier alpha value is -2.90. The van der Waals surface area contributed by atoms with Crippen LogP contribution in [0.15, 0.2) is 60.0 Å². The van der Waals surface area contributed by atoms with Gasteiger partial charge in [0.2, 0.25) is 0 Å². The Labute approximate surface area is 151 Å². The van der Waals surface area contributed by atoms with Crippen molar-refractivity contribution in [2.45, 2.75) is 13.3 Å². The highest BCUT2D eigenvalue weighted by Crippen LogP contribution is 2.27. The van der Waals surface area contributed by atoms with Crippen LogP contribution >= 0.6 is 11.3 Å². The van der Waals surface area contributed by atoms with E-state index in [0.717, 1.165) is 34.0 Å². The van der Waals surface area contributed by atoms with Crippen molar-refractivity contribution in [2.75, 3.05) is 6.61 Å². The molecule has 0 aliphatic carbocycles. The van der Waals surface area contributed by atoms with E-state index in [1.165, 1.54) is 11.3 Å². The number of hydrogen-bond acceptors (Lipinski definition) is 4. The average molecular weight is 346 g/mol. The molecule has 124 valence electrons. The van der Waals surface area contributed by atoms with Crippen LogP contribution in [0.2, 0.25) is 0 Å². The highest BCUT2D eigenvalue weighted by Gasteiger charge is 2.09. The van der Waals surface area contributed by atoms with E-state index in [1.54, 1.807) is 0 Å². The normalized spacial score (nSPS) is 11.1. The van der Waals surface area contributed by atoms with E-state index in [9.17, 15) is 5.26 Å². The Kier molecular flexibility index (Phi) is 5.61. The molecule has 3 nitrogen and oxygen atoms in total. The monoisotopic (exact) mass is 346 g/mol. The van der Waals surface area contributed by atoms with E-state index in [4.69, 9.17) is 4.74 Å². The van der Waals surface area contributed by atoms with Gasteiger partial charge in [0, 0.05) is 10.9 Å². The molecule has 25 heavy (non-hydrogen) atoms. The molecule has 4 heteroatoms. The minimum absolute atomic E-state index is 0.564. The highest BCUT2D eigenvalue weighted by atomic mass is 32.1. The number of nitrogens with zero attached hydrogens (tertiary/aromatic N) is 2. The minimum atomic E-state index is 0.564. The number of nitriles is 1. The summed E-state index contributed by atoms with van der Waals surface area (Å²) in [5.74, 6) is 0.845. The van der Waals surface area contributed by atoms with Crippen molar-refractivity contribution < 1.29 is 4.74 Å². The number of allylic oxidation sites excluding steroid dienone is 1. The second kappa shape index (κ2) is 8.27. The second-order valence-corrected chi connectivity index (χ2v) is 6.35. The zero-order valence-corrected chi connectivity index (χ0v) is 14.8. The summed E-state index contributed by atoms with van der Waals surface area (Å²) >= 11 is 1.48. The number of benzene rings is 2. The van der Waals surface area contributed by atoms with Gasteiger partial charge in [-0.15, -0.1) is 11.3 Å². The molecule has 0 atom stereocenters. The van der Waals surface area contributed by atoms with E-state index in [1.807, 2.05) is 66.1 Å². The van der Waals surface area contributed by atoms with Crippen LogP contribution in [0.25, 0.3) is 22.9 Å². The van der Waals surface area contributed by atoms with Gasteiger partial charge in [-0.25, -0.2) is 4.98 Å². The van der Waals surface area contributed by atoms with Crippen LogP contribution in [-0.2, 0) is 0 Å². The summed E-state index contributed by atoms with van der Waals surface area (Å²) in [6, 6.07) is 20.0. The third kappa shape index (κ3) is 4.34. The maximum absolute atomic E-state index is 9.52. The standard InChI is InChI=1S/C21H18N2OS/c1-2-12-24-19-10-8-16(9-11-19)13-18(14-22)21-23-20(15-25-21)17-6-4-3-5-7-17/h3-11,13,15H,2,12H2,1H3/b18-13-. The lowest BCUT2D eigenvalue weighted by molar-refractivity contribution is 0.317. The van der Waals surface area contributed by atoms with Gasteiger partial charge in [-0.2, -0.15) is 5.26 Å². The number of hydrogen-bond donors (Lipinski definition) is 0. The van der Waals surface area contributed by atoms with Gasteiger partial charge in [0.05, 0.1) is 17.9 Å². The van der Waals surface area contributed by atoms with Gasteiger partial charge in [-0.1, -0.05) is 49.4 Å². The molecule has 3 rings (SSSR count). The zero-order chi connectivity index (χ0) is 17.5. The number of thiazole rings is 1. The van der Waals surface area contributed by atoms with E-state index in [0.29, 0.717) is 12.2 Å². The van der Waals surface area contributed by atoms with Crippen molar-refractivity contribution in [1.82, 2.24) is 4.98 Å². The lowest BCUT2D eigenvalue weighted by Gasteiger charge is -2.04. The first-order valence-corrected chi connectivity index (χ1v) is 9.04. The maximum atomic E-state index is 9.52. The summed E-state index contributed by atoms with van der Waals surface area (Å²) in [7, 11) is 0. The zero-order valence-electron chi connectivity index (χ0n) is 14.0. The molecular formula is C21H18N2OS. The van der Waals surface area contributed by atoms with Crippen LogP contribution in [-0.4, -0.2) is 11.6 Å². The first-order chi connectivity index (χ1) is 12.3. The minimum Gasteiger partial charge on any atom is -0.494 e. The molecule has 0 radical (unpaired) electrons. The summed E-state index contributed by atoms with van der Waals surface area (Å²) in [6.07, 6.45) is 2.84. The Morgan fingerprint density at radius 3 is 2.60 bits per heavy atom. The molecular weight excluding hydrogens is 328 g/mol. The summed E-state index contributed by atoms with van der Waals surface area (Å²) in [4.78, 5) is 4.61. The lowest BCUT2D eigenvalue weighted by Crippen LogP contribution is -1.94. The van der Waals surface area contributed by atoms with Crippen molar-refractivity contribution in [2.24, 2.45) is 0 Å². The predicted molar refractivity (Wildman–Crippen MR) is 103 cm³/mol. The molecule has 1 heterocycles. The number of rotatable bonds is 6. The Morgan fingerprint density at radius 2 is 1.92 bits per heavy atom. The van der Waals surface area contributed by atoms with Gasteiger partial charge in [0.25, 0.3) is 0 Å². The average Bonchev–Trinajstić information content (AvgIpc) is 3.16. The second-order valence-electron chi connectivity index (χ2n) is 5.49. The van der Waals surface area contributed by atoms with Crippen LogP contribution in [0.5, 0.6) is 5.75 Å². The topological polar surface area (TPSA) is 45.9 Å². The third-order valence-corrected chi connectivity index (χ3v) is 4.46. The van der Waals surface area contributed by atoms with Crippen molar-refractivity contribution in [3.63, 3.8) is 0 Å². The van der Waals surface area contributed by atoms with E-state index in [2.05, 4.69) is 18.0 Å². The van der Waals surface area contributed by atoms with Crippen LogP contribution < -0.4 is 4.74 Å². The first-order valence-electron chi connectivity index (χ1n) is 8.16. The van der Waals surface area contributed by atoms with Crippen molar-refractivity contribution in [3.05, 3.63) is 70.5 Å². The molecule has 2 aromatic carbocycles. The number of aromatic nitrogens is 1. The van der Waals surface area contributed by atoms with Crippen molar-refractivity contribution in [3.8, 4) is 23.1 Å². The highest BCUT2D eigenvalue weighted by molar-refractivity contribution is 7.11. The Bertz CT molecular complexity index is 890. The molecule has 0 spiro atoms. The maximum Gasteiger partial charge on any atom is 0.134 e. The van der Waals surface area contributed by atoms with Crippen LogP contribution in [0.1, 0.15) is 23.9 Å². The van der Waals surface area contributed by atoms with E-state index >= 15 is 0 Å².